The summed E-state index contributed by atoms with van der Waals surface area (Å²) in [6.07, 6.45) is 2.90. The molecule has 0 saturated carbocycles. The molecule has 0 unspecified atom stereocenters. The summed E-state index contributed by atoms with van der Waals surface area (Å²) in [7, 11) is -2.56. The van der Waals surface area contributed by atoms with E-state index in [-0.39, 0.29) is 26.1 Å². The summed E-state index contributed by atoms with van der Waals surface area (Å²) in [4.78, 5) is 43.4. The van der Waals surface area contributed by atoms with E-state index in [4.69, 9.17) is 4.74 Å². The smallest absolute Gasteiger partial charge is 0.328 e. The van der Waals surface area contributed by atoms with Crippen molar-refractivity contribution in [1.29, 1.82) is 0 Å². The van der Waals surface area contributed by atoms with Gasteiger partial charge in [-0.3, -0.25) is 4.79 Å². The fourth-order valence-electron chi connectivity index (χ4n) is 4.41. The minimum absolute atomic E-state index is 0.0650. The molecule has 12 heteroatoms. The highest BCUT2D eigenvalue weighted by molar-refractivity contribution is 7.88. The van der Waals surface area contributed by atoms with Crippen LogP contribution in [0, 0.1) is 0 Å². The van der Waals surface area contributed by atoms with Gasteiger partial charge in [-0.1, -0.05) is 36.4 Å². The van der Waals surface area contributed by atoms with Crippen LogP contribution in [0.1, 0.15) is 5.56 Å². The number of rotatable bonds is 7. The van der Waals surface area contributed by atoms with Crippen LogP contribution in [0.4, 0.5) is 10.5 Å². The molecule has 11 nitrogen and oxygen atoms in total. The fourth-order valence-corrected chi connectivity index (χ4v) is 5.45. The lowest BCUT2D eigenvalue weighted by Crippen LogP contribution is -2.63. The number of ether oxygens (including phenoxy) is 1. The lowest BCUT2D eigenvalue weighted by Gasteiger charge is -2.39. The maximum absolute atomic E-state index is 13.4. The van der Waals surface area contributed by atoms with Gasteiger partial charge in [0, 0.05) is 48.8 Å². The summed E-state index contributed by atoms with van der Waals surface area (Å²) in [6.45, 7) is -0.145. The molecule has 3 N–H and O–H groups in total. The molecule has 1 aliphatic heterocycles. The number of amides is 3. The van der Waals surface area contributed by atoms with E-state index in [1.807, 2.05) is 30.3 Å². The van der Waals surface area contributed by atoms with Crippen molar-refractivity contribution in [3.63, 3.8) is 0 Å². The van der Waals surface area contributed by atoms with Crippen molar-refractivity contribution in [2.24, 2.45) is 0 Å². The molecule has 3 aromatic rings. The lowest BCUT2D eigenvalue weighted by molar-refractivity contribution is -0.145. The number of esters is 1. The number of hydrogen-bond donors (Lipinski definition) is 3. The number of methoxy groups -OCH3 is 1. The molecule has 2 aromatic carbocycles. The topological polar surface area (TPSA) is 141 Å². The number of hydrogen-bond acceptors (Lipinski definition) is 6. The van der Waals surface area contributed by atoms with Crippen molar-refractivity contribution < 1.29 is 27.5 Å². The van der Waals surface area contributed by atoms with Gasteiger partial charge in [0.05, 0.1) is 13.4 Å². The van der Waals surface area contributed by atoms with Crippen LogP contribution in [-0.2, 0) is 30.8 Å². The zero-order valence-corrected chi connectivity index (χ0v) is 21.3. The number of carbonyl (C=O) groups excluding carboxylic acids is 3. The molecular formula is C25H29N5O6S. The number of H-pyrrole nitrogens is 1. The molecule has 1 saturated heterocycles. The Morgan fingerprint density at radius 3 is 2.49 bits per heavy atom. The number of piperazine rings is 1. The molecule has 2 heterocycles. The third-order valence-corrected chi connectivity index (χ3v) is 7.56. The number of urea groups is 1. The van der Waals surface area contributed by atoms with Gasteiger partial charge in [-0.25, -0.2) is 18.0 Å². The molecule has 4 rings (SSSR count). The number of carbonyl (C=O) groups is 3. The second-order valence-electron chi connectivity index (χ2n) is 8.78. The lowest BCUT2D eigenvalue weighted by atomic mass is 10.0. The van der Waals surface area contributed by atoms with Crippen LogP contribution in [0.2, 0.25) is 0 Å². The van der Waals surface area contributed by atoms with Crippen molar-refractivity contribution in [3.05, 3.63) is 66.4 Å². The van der Waals surface area contributed by atoms with Crippen LogP contribution in [0.15, 0.2) is 60.8 Å². The van der Waals surface area contributed by atoms with Crippen LogP contribution in [0.3, 0.4) is 0 Å². The number of anilines is 1. The largest absolute Gasteiger partial charge is 0.467 e. The number of nitrogens with one attached hydrogen (secondary N) is 3. The number of sulfonamides is 1. The summed E-state index contributed by atoms with van der Waals surface area (Å²) in [5.74, 6) is -1.36. The van der Waals surface area contributed by atoms with E-state index in [1.165, 1.54) is 12.0 Å². The summed E-state index contributed by atoms with van der Waals surface area (Å²) < 4.78 is 30.9. The monoisotopic (exact) mass is 527 g/mol. The Balaban J connectivity index is 1.53. The highest BCUT2D eigenvalue weighted by atomic mass is 32.2. The molecular weight excluding hydrogens is 498 g/mol. The van der Waals surface area contributed by atoms with E-state index in [1.54, 1.807) is 30.5 Å². The Hall–Kier alpha value is -3.90. The molecule has 0 spiro atoms. The Morgan fingerprint density at radius 2 is 1.78 bits per heavy atom. The van der Waals surface area contributed by atoms with Crippen LogP contribution < -0.4 is 10.6 Å². The first kappa shape index (κ1) is 26.2. The van der Waals surface area contributed by atoms with Crippen molar-refractivity contribution in [2.45, 2.75) is 18.5 Å². The number of aromatic nitrogens is 1. The van der Waals surface area contributed by atoms with E-state index in [2.05, 4.69) is 15.6 Å². The van der Waals surface area contributed by atoms with Gasteiger partial charge in [0.15, 0.2) is 0 Å². The van der Waals surface area contributed by atoms with Gasteiger partial charge in [-0.15, -0.1) is 0 Å². The third-order valence-electron chi connectivity index (χ3n) is 6.27. The van der Waals surface area contributed by atoms with Gasteiger partial charge in [-0.05, 0) is 23.8 Å². The zero-order chi connectivity index (χ0) is 26.6. The molecule has 3 amide bonds. The third kappa shape index (κ3) is 6.09. The average molecular weight is 528 g/mol. The molecule has 2 atom stereocenters. The van der Waals surface area contributed by atoms with Gasteiger partial charge in [-0.2, -0.15) is 4.31 Å². The van der Waals surface area contributed by atoms with E-state index in [0.29, 0.717) is 5.69 Å². The predicted octanol–water partition coefficient (Wildman–Crippen LogP) is 1.55. The summed E-state index contributed by atoms with van der Waals surface area (Å²) >= 11 is 0. The first-order valence-corrected chi connectivity index (χ1v) is 13.5. The van der Waals surface area contributed by atoms with Gasteiger partial charge >= 0.3 is 12.0 Å². The van der Waals surface area contributed by atoms with E-state index < -0.39 is 40.0 Å². The maximum Gasteiger partial charge on any atom is 0.328 e. The first-order chi connectivity index (χ1) is 17.7. The second-order valence-corrected chi connectivity index (χ2v) is 10.7. The van der Waals surface area contributed by atoms with Crippen LogP contribution >= 0.6 is 0 Å². The standard InChI is InChI=1S/C25H29N5O6S/c1-36-24(32)21(14-17-15-26-20-11-7-6-10-19(17)20)28-23(31)22-16-29(12-13-30(22)37(2,34)35)25(33)27-18-8-4-3-5-9-18/h3-11,15,21-22,26H,12-14,16H2,1-2H3,(H,27,33)(H,28,31)/t21-,22+/m1/s1. The van der Waals surface area contributed by atoms with Gasteiger partial charge in [0.1, 0.15) is 12.1 Å². The van der Waals surface area contributed by atoms with E-state index in [0.717, 1.165) is 27.0 Å². The quantitative estimate of drug-likeness (QED) is 0.398. The number of nitrogens with zero attached hydrogens (tertiary/aromatic N) is 2. The number of benzene rings is 2. The SMILES string of the molecule is COC(=O)[C@@H](Cc1c[nH]c2ccccc12)NC(=O)[C@@H]1CN(C(=O)Nc2ccccc2)CCN1S(C)(=O)=O. The Labute approximate surface area is 214 Å². The van der Waals surface area contributed by atoms with Gasteiger partial charge < -0.3 is 25.3 Å². The number of para-hydroxylation sites is 2. The Bertz CT molecular complexity index is 1390. The first-order valence-electron chi connectivity index (χ1n) is 11.7. The molecule has 196 valence electrons. The minimum Gasteiger partial charge on any atom is -0.467 e. The molecule has 1 fully saturated rings. The average Bonchev–Trinajstić information content (AvgIpc) is 3.30. The molecule has 1 aromatic heterocycles. The normalized spacial score (nSPS) is 17.2. The molecule has 0 bridgehead atoms. The number of fused-ring (bicyclic) bond motifs is 1. The number of aromatic amines is 1. The minimum atomic E-state index is -3.78. The fraction of sp³-hybridized carbons (Fsp3) is 0.320. The summed E-state index contributed by atoms with van der Waals surface area (Å²) in [6, 6.07) is 13.6. The van der Waals surface area contributed by atoms with Crippen molar-refractivity contribution in [2.75, 3.05) is 38.3 Å². The zero-order valence-electron chi connectivity index (χ0n) is 20.5. The van der Waals surface area contributed by atoms with E-state index in [9.17, 15) is 22.8 Å². The highest BCUT2D eigenvalue weighted by Crippen LogP contribution is 2.20. The maximum atomic E-state index is 13.4. The molecule has 0 aliphatic carbocycles. The van der Waals surface area contributed by atoms with Crippen LogP contribution in [0.25, 0.3) is 10.9 Å². The van der Waals surface area contributed by atoms with E-state index >= 15 is 0 Å². The molecule has 0 radical (unpaired) electrons. The van der Waals surface area contributed by atoms with Crippen LogP contribution in [-0.4, -0.2) is 85.6 Å². The molecule has 1 aliphatic rings. The van der Waals surface area contributed by atoms with Gasteiger partial charge in [0.2, 0.25) is 15.9 Å². The Kier molecular flexibility index (Phi) is 7.79. The second kappa shape index (κ2) is 11.0. The van der Waals surface area contributed by atoms with Gasteiger partial charge in [0.25, 0.3) is 0 Å². The highest BCUT2D eigenvalue weighted by Gasteiger charge is 2.40. The molecule has 37 heavy (non-hydrogen) atoms. The van der Waals surface area contributed by atoms with Crippen LogP contribution in [0.5, 0.6) is 0 Å². The predicted molar refractivity (Wildman–Crippen MR) is 138 cm³/mol. The van der Waals surface area contributed by atoms with Crippen molar-refractivity contribution in [1.82, 2.24) is 19.5 Å². The van der Waals surface area contributed by atoms with Crippen molar-refractivity contribution in [3.8, 4) is 0 Å². The van der Waals surface area contributed by atoms with Crippen molar-refractivity contribution >= 4 is 44.5 Å². The Morgan fingerprint density at radius 1 is 1.08 bits per heavy atom. The summed E-state index contributed by atoms with van der Waals surface area (Å²) in [5, 5.41) is 6.30. The summed E-state index contributed by atoms with van der Waals surface area (Å²) in [5.41, 5.74) is 2.24.